The number of ketones is 2. The highest BCUT2D eigenvalue weighted by atomic mass is 16.1. The zero-order valence-corrected chi connectivity index (χ0v) is 9.20. The average Bonchev–Trinajstić information content (AvgIpc) is 2.27. The van der Waals surface area contributed by atoms with Gasteiger partial charge in [-0.1, -0.05) is 18.2 Å². The lowest BCUT2D eigenvalue weighted by Crippen LogP contribution is -1.96. The number of carbonyl (C=O) groups is 2. The number of hydrogen-bond acceptors (Lipinski definition) is 2. The van der Waals surface area contributed by atoms with Gasteiger partial charge in [0.1, 0.15) is 0 Å². The minimum atomic E-state index is 0.00591. The van der Waals surface area contributed by atoms with Gasteiger partial charge >= 0.3 is 0 Å². The number of rotatable bonds is 2. The molecule has 79 valence electrons. The van der Waals surface area contributed by atoms with E-state index < -0.39 is 0 Å². The molecule has 1 radical (unpaired) electrons. The van der Waals surface area contributed by atoms with Gasteiger partial charge < -0.3 is 0 Å². The van der Waals surface area contributed by atoms with Crippen LogP contribution in [0.15, 0.2) is 30.3 Å². The van der Waals surface area contributed by atoms with E-state index in [1.807, 2.05) is 12.1 Å². The topological polar surface area (TPSA) is 34.1 Å². The van der Waals surface area contributed by atoms with Gasteiger partial charge in [0.2, 0.25) is 0 Å². The van der Waals surface area contributed by atoms with Gasteiger partial charge in [-0.3, -0.25) is 9.59 Å². The number of fused-ring (bicyclic) bond motifs is 1. The molecule has 2 rings (SSSR count). The van der Waals surface area contributed by atoms with Gasteiger partial charge in [0, 0.05) is 16.5 Å². The molecule has 2 aromatic rings. The van der Waals surface area contributed by atoms with Crippen molar-refractivity contribution in [3.05, 3.63) is 47.5 Å². The van der Waals surface area contributed by atoms with E-state index in [1.54, 1.807) is 18.2 Å². The Labute approximate surface area is 93.9 Å². The van der Waals surface area contributed by atoms with Gasteiger partial charge in [0.05, 0.1) is 0 Å². The molecule has 0 aliphatic rings. The standard InChI is InChI=1S/C14H11O2/c1-9(15)11-6-7-14-12(8-11)4-3-5-13(14)10(2)16/h3-6,8H,1-2H3. The second-order valence-electron chi connectivity index (χ2n) is 3.77. The molecule has 0 aliphatic carbocycles. The van der Waals surface area contributed by atoms with E-state index in [0.29, 0.717) is 11.1 Å². The molecule has 0 atom stereocenters. The Morgan fingerprint density at radius 1 is 1.12 bits per heavy atom. The summed E-state index contributed by atoms with van der Waals surface area (Å²) in [5, 5.41) is 1.65. The molecule has 0 N–H and O–H groups in total. The summed E-state index contributed by atoms with van der Waals surface area (Å²) in [4.78, 5) is 22.6. The van der Waals surface area contributed by atoms with Crippen LogP contribution < -0.4 is 0 Å². The van der Waals surface area contributed by atoms with Crippen molar-refractivity contribution in [1.29, 1.82) is 0 Å². The van der Waals surface area contributed by atoms with Gasteiger partial charge in [-0.15, -0.1) is 0 Å². The molecule has 0 amide bonds. The SMILES string of the molecule is CC(=O)c1c[c]c2c(C(C)=O)cccc2c1. The van der Waals surface area contributed by atoms with Gasteiger partial charge in [-0.2, -0.15) is 0 Å². The largest absolute Gasteiger partial charge is 0.295 e. The van der Waals surface area contributed by atoms with Crippen molar-refractivity contribution >= 4 is 22.3 Å². The van der Waals surface area contributed by atoms with Crippen LogP contribution >= 0.6 is 0 Å². The lowest BCUT2D eigenvalue weighted by atomic mass is 9.99. The Hall–Kier alpha value is -1.96. The Kier molecular flexibility index (Phi) is 2.57. The summed E-state index contributed by atoms with van der Waals surface area (Å²) < 4.78 is 0. The zero-order valence-electron chi connectivity index (χ0n) is 9.20. The number of benzene rings is 2. The molecule has 0 bridgehead atoms. The van der Waals surface area contributed by atoms with Gasteiger partial charge in [0.25, 0.3) is 0 Å². The van der Waals surface area contributed by atoms with Crippen molar-refractivity contribution < 1.29 is 9.59 Å². The maximum Gasteiger partial charge on any atom is 0.160 e. The fourth-order valence-corrected chi connectivity index (χ4v) is 1.71. The van der Waals surface area contributed by atoms with Crippen LogP contribution in [0.5, 0.6) is 0 Å². The van der Waals surface area contributed by atoms with Crippen LogP contribution in [0.1, 0.15) is 34.6 Å². The van der Waals surface area contributed by atoms with E-state index in [2.05, 4.69) is 6.07 Å². The van der Waals surface area contributed by atoms with Crippen LogP contribution in [-0.2, 0) is 0 Å². The first-order chi connectivity index (χ1) is 7.59. The van der Waals surface area contributed by atoms with Crippen molar-refractivity contribution in [2.24, 2.45) is 0 Å². The van der Waals surface area contributed by atoms with Crippen LogP contribution in [-0.4, -0.2) is 11.6 Å². The van der Waals surface area contributed by atoms with E-state index in [0.717, 1.165) is 10.8 Å². The van der Waals surface area contributed by atoms with E-state index >= 15 is 0 Å². The third-order valence-corrected chi connectivity index (χ3v) is 2.57. The fourth-order valence-electron chi connectivity index (χ4n) is 1.71. The Morgan fingerprint density at radius 2 is 1.88 bits per heavy atom. The molecule has 2 aromatic carbocycles. The number of carbonyl (C=O) groups excluding carboxylic acids is 2. The number of Topliss-reactive ketones (excluding diaryl/α,β-unsaturated/α-hetero) is 2. The highest BCUT2D eigenvalue weighted by molar-refractivity contribution is 6.08. The molecule has 0 unspecified atom stereocenters. The molecule has 0 aliphatic heterocycles. The lowest BCUT2D eigenvalue weighted by molar-refractivity contribution is 0.101. The highest BCUT2D eigenvalue weighted by Crippen LogP contribution is 2.20. The molecular formula is C14H11O2. The van der Waals surface area contributed by atoms with Crippen LogP contribution in [0.4, 0.5) is 0 Å². The second-order valence-corrected chi connectivity index (χ2v) is 3.77. The molecule has 0 fully saturated rings. The molecule has 0 saturated carbocycles. The molecule has 0 heterocycles. The minimum absolute atomic E-state index is 0.00591. The maximum absolute atomic E-state index is 11.4. The summed E-state index contributed by atoms with van der Waals surface area (Å²) in [5.74, 6) is 0.0174. The summed E-state index contributed by atoms with van der Waals surface area (Å²) >= 11 is 0. The molecule has 0 saturated heterocycles. The fraction of sp³-hybridized carbons (Fsp3) is 0.143. The smallest absolute Gasteiger partial charge is 0.160 e. The van der Waals surface area contributed by atoms with Crippen molar-refractivity contribution in [2.45, 2.75) is 13.8 Å². The Morgan fingerprint density at radius 3 is 2.50 bits per heavy atom. The van der Waals surface area contributed by atoms with Crippen molar-refractivity contribution in [3.63, 3.8) is 0 Å². The monoisotopic (exact) mass is 211 g/mol. The molecule has 16 heavy (non-hydrogen) atoms. The van der Waals surface area contributed by atoms with E-state index in [4.69, 9.17) is 0 Å². The summed E-state index contributed by atoms with van der Waals surface area (Å²) in [6.45, 7) is 3.05. The van der Waals surface area contributed by atoms with E-state index in [1.165, 1.54) is 13.8 Å². The highest BCUT2D eigenvalue weighted by Gasteiger charge is 2.07. The first kappa shape index (κ1) is 10.6. The first-order valence-corrected chi connectivity index (χ1v) is 5.06. The Bertz CT molecular complexity index is 582. The summed E-state index contributed by atoms with van der Waals surface area (Å²) in [6, 6.07) is 11.9. The van der Waals surface area contributed by atoms with Gasteiger partial charge in [0.15, 0.2) is 11.6 Å². The predicted octanol–water partition coefficient (Wildman–Crippen LogP) is 3.05. The lowest BCUT2D eigenvalue weighted by Gasteiger charge is -2.04. The van der Waals surface area contributed by atoms with Crippen molar-refractivity contribution in [3.8, 4) is 0 Å². The number of hydrogen-bond donors (Lipinski definition) is 0. The predicted molar refractivity (Wildman–Crippen MR) is 62.8 cm³/mol. The van der Waals surface area contributed by atoms with Gasteiger partial charge in [-0.05, 0) is 37.4 Å². The van der Waals surface area contributed by atoms with Crippen LogP contribution in [0.2, 0.25) is 0 Å². The first-order valence-electron chi connectivity index (χ1n) is 5.06. The maximum atomic E-state index is 11.4. The molecule has 0 spiro atoms. The zero-order chi connectivity index (χ0) is 11.7. The van der Waals surface area contributed by atoms with Crippen LogP contribution in [0, 0.1) is 6.07 Å². The summed E-state index contributed by atoms with van der Waals surface area (Å²) in [6.07, 6.45) is 0. The molecule has 0 aromatic heterocycles. The normalized spacial score (nSPS) is 10.4. The molecule has 2 nitrogen and oxygen atoms in total. The van der Waals surface area contributed by atoms with E-state index in [-0.39, 0.29) is 11.6 Å². The summed E-state index contributed by atoms with van der Waals surface area (Å²) in [7, 11) is 0. The van der Waals surface area contributed by atoms with Crippen LogP contribution in [0.3, 0.4) is 0 Å². The second kappa shape index (κ2) is 3.89. The Balaban J connectivity index is 2.73. The molecular weight excluding hydrogens is 200 g/mol. The van der Waals surface area contributed by atoms with Crippen LogP contribution in [0.25, 0.3) is 10.8 Å². The minimum Gasteiger partial charge on any atom is -0.295 e. The molecule has 2 heteroatoms. The quantitative estimate of drug-likeness (QED) is 0.715. The third-order valence-electron chi connectivity index (χ3n) is 2.57. The van der Waals surface area contributed by atoms with Crippen molar-refractivity contribution in [2.75, 3.05) is 0 Å². The van der Waals surface area contributed by atoms with E-state index in [9.17, 15) is 9.59 Å². The van der Waals surface area contributed by atoms with Crippen molar-refractivity contribution in [1.82, 2.24) is 0 Å². The van der Waals surface area contributed by atoms with Gasteiger partial charge in [-0.25, -0.2) is 0 Å². The third kappa shape index (κ3) is 1.74. The average molecular weight is 211 g/mol. The summed E-state index contributed by atoms with van der Waals surface area (Å²) in [5.41, 5.74) is 1.26.